The molecule has 0 fully saturated rings. The molecule has 0 aliphatic heterocycles. The molecular weight excluding hydrogens is 379 g/mol. The Morgan fingerprint density at radius 1 is 1.10 bits per heavy atom. The number of hydrogen-bond acceptors (Lipinski definition) is 2. The van der Waals surface area contributed by atoms with Crippen LogP contribution in [-0.2, 0) is 17.4 Å². The van der Waals surface area contributed by atoms with E-state index < -0.39 is 11.7 Å². The quantitative estimate of drug-likeness (QED) is 0.662. The molecule has 7 heteroatoms. The number of benzene rings is 2. The van der Waals surface area contributed by atoms with E-state index in [-0.39, 0.29) is 24.4 Å². The first-order valence-electron chi connectivity index (χ1n) is 8.93. The molecule has 1 aromatic heterocycles. The van der Waals surface area contributed by atoms with Crippen molar-refractivity contribution in [2.24, 2.45) is 0 Å². The maximum absolute atomic E-state index is 12.7. The van der Waals surface area contributed by atoms with Gasteiger partial charge in [0.25, 0.3) is 0 Å². The third-order valence-electron chi connectivity index (χ3n) is 4.09. The van der Waals surface area contributed by atoms with Gasteiger partial charge in [-0.15, -0.1) is 0 Å². The van der Waals surface area contributed by atoms with E-state index in [2.05, 4.69) is 22.3 Å². The third-order valence-corrected chi connectivity index (χ3v) is 4.09. The number of para-hydroxylation sites is 1. The lowest BCUT2D eigenvalue weighted by Gasteiger charge is -2.05. The largest absolute Gasteiger partial charge is 0.416 e. The molecule has 0 saturated heterocycles. The minimum absolute atomic E-state index is 0.0678. The van der Waals surface area contributed by atoms with Crippen molar-refractivity contribution >= 4 is 5.91 Å². The number of halogens is 3. The first-order valence-corrected chi connectivity index (χ1v) is 8.93. The summed E-state index contributed by atoms with van der Waals surface area (Å²) in [6, 6.07) is 14.4. The zero-order valence-electron chi connectivity index (χ0n) is 15.4. The van der Waals surface area contributed by atoms with Gasteiger partial charge in [0.1, 0.15) is 0 Å². The van der Waals surface area contributed by atoms with E-state index in [1.54, 1.807) is 10.9 Å². The Morgan fingerprint density at radius 2 is 1.90 bits per heavy atom. The smallest absolute Gasteiger partial charge is 0.345 e. The van der Waals surface area contributed by atoms with Gasteiger partial charge in [0.15, 0.2) is 0 Å². The highest BCUT2D eigenvalue weighted by Gasteiger charge is 2.30. The molecule has 1 heterocycles. The van der Waals surface area contributed by atoms with Crippen molar-refractivity contribution in [2.45, 2.75) is 19.0 Å². The number of carbonyl (C=O) groups is 1. The van der Waals surface area contributed by atoms with E-state index in [4.69, 9.17) is 0 Å². The van der Waals surface area contributed by atoms with Gasteiger partial charge in [0, 0.05) is 18.2 Å². The van der Waals surface area contributed by atoms with Gasteiger partial charge in [-0.25, -0.2) is 4.68 Å². The van der Waals surface area contributed by atoms with Crippen molar-refractivity contribution in [1.29, 1.82) is 0 Å². The zero-order chi connectivity index (χ0) is 20.7. The maximum atomic E-state index is 12.7. The summed E-state index contributed by atoms with van der Waals surface area (Å²) < 4.78 is 39.8. The minimum atomic E-state index is -4.40. The number of hydrogen-bond donors (Lipinski definition) is 1. The van der Waals surface area contributed by atoms with Gasteiger partial charge >= 0.3 is 6.18 Å². The van der Waals surface area contributed by atoms with E-state index in [1.165, 1.54) is 12.1 Å². The normalized spacial score (nSPS) is 10.9. The van der Waals surface area contributed by atoms with Gasteiger partial charge in [-0.1, -0.05) is 36.1 Å². The van der Waals surface area contributed by atoms with E-state index in [0.717, 1.165) is 23.4 Å². The molecule has 0 spiro atoms. The summed E-state index contributed by atoms with van der Waals surface area (Å²) in [7, 11) is 0. The predicted molar refractivity (Wildman–Crippen MR) is 103 cm³/mol. The highest BCUT2D eigenvalue weighted by Crippen LogP contribution is 2.29. The van der Waals surface area contributed by atoms with Crippen molar-refractivity contribution in [3.8, 4) is 17.5 Å². The topological polar surface area (TPSA) is 46.9 Å². The number of nitrogens with one attached hydrogen (secondary N) is 1. The van der Waals surface area contributed by atoms with Crippen molar-refractivity contribution in [1.82, 2.24) is 15.1 Å². The SMILES string of the molecule is O=C(CCc1cnn(-c2ccccc2)c1)NCC#Cc1cccc(C(F)(F)F)c1. The third kappa shape index (κ3) is 5.98. The fourth-order valence-corrected chi connectivity index (χ4v) is 2.62. The summed E-state index contributed by atoms with van der Waals surface area (Å²) in [6.45, 7) is 0.0678. The van der Waals surface area contributed by atoms with Crippen LogP contribution in [0.2, 0.25) is 0 Å². The molecular formula is C22H18F3N3O. The number of aryl methyl sites for hydroxylation is 1. The van der Waals surface area contributed by atoms with E-state index in [9.17, 15) is 18.0 Å². The van der Waals surface area contributed by atoms with E-state index >= 15 is 0 Å². The van der Waals surface area contributed by atoms with Gasteiger partial charge in [-0.3, -0.25) is 4.79 Å². The van der Waals surface area contributed by atoms with Gasteiger partial charge in [0.05, 0.1) is 24.0 Å². The molecule has 0 aliphatic rings. The first-order chi connectivity index (χ1) is 13.9. The second-order valence-electron chi connectivity index (χ2n) is 6.29. The molecule has 148 valence electrons. The molecule has 2 aromatic carbocycles. The Kier molecular flexibility index (Phi) is 6.35. The fourth-order valence-electron chi connectivity index (χ4n) is 2.62. The molecule has 0 bridgehead atoms. The molecule has 0 atom stereocenters. The second-order valence-corrected chi connectivity index (χ2v) is 6.29. The summed E-state index contributed by atoms with van der Waals surface area (Å²) in [6.07, 6.45) is -0.0184. The fraction of sp³-hybridized carbons (Fsp3) is 0.182. The molecule has 1 N–H and O–H groups in total. The molecule has 1 amide bonds. The maximum Gasteiger partial charge on any atom is 0.416 e. The molecule has 0 radical (unpaired) electrons. The average Bonchev–Trinajstić information content (AvgIpc) is 3.19. The van der Waals surface area contributed by atoms with Crippen LogP contribution in [0.1, 0.15) is 23.1 Å². The number of aromatic nitrogens is 2. The van der Waals surface area contributed by atoms with Crippen molar-refractivity contribution in [2.75, 3.05) is 6.54 Å². The number of nitrogens with zero attached hydrogens (tertiary/aromatic N) is 2. The van der Waals surface area contributed by atoms with Gasteiger partial charge in [-0.05, 0) is 42.3 Å². The van der Waals surface area contributed by atoms with Crippen LogP contribution in [0.5, 0.6) is 0 Å². The molecule has 0 aliphatic carbocycles. The molecule has 3 aromatic rings. The average molecular weight is 397 g/mol. The predicted octanol–water partition coefficient (Wildman–Crippen LogP) is 3.99. The Hall–Kier alpha value is -3.53. The number of rotatable bonds is 5. The minimum Gasteiger partial charge on any atom is -0.345 e. The number of amides is 1. The summed E-state index contributed by atoms with van der Waals surface area (Å²) >= 11 is 0. The van der Waals surface area contributed by atoms with Crippen molar-refractivity contribution < 1.29 is 18.0 Å². The Balaban J connectivity index is 1.46. The van der Waals surface area contributed by atoms with E-state index in [1.807, 2.05) is 36.5 Å². The lowest BCUT2D eigenvalue weighted by molar-refractivity contribution is -0.137. The van der Waals surface area contributed by atoms with Crippen LogP contribution >= 0.6 is 0 Å². The van der Waals surface area contributed by atoms with Crippen molar-refractivity contribution in [3.63, 3.8) is 0 Å². The summed E-state index contributed by atoms with van der Waals surface area (Å²) in [5, 5.41) is 6.92. The Morgan fingerprint density at radius 3 is 2.66 bits per heavy atom. The van der Waals surface area contributed by atoms with Gasteiger partial charge < -0.3 is 5.32 Å². The van der Waals surface area contributed by atoms with Crippen LogP contribution in [0.15, 0.2) is 67.0 Å². The Labute approximate surface area is 166 Å². The first kappa shape index (κ1) is 20.2. The monoisotopic (exact) mass is 397 g/mol. The summed E-state index contributed by atoms with van der Waals surface area (Å²) in [4.78, 5) is 11.9. The van der Waals surface area contributed by atoms with E-state index in [0.29, 0.717) is 6.42 Å². The second kappa shape index (κ2) is 9.11. The van der Waals surface area contributed by atoms with Crippen LogP contribution in [0.3, 0.4) is 0 Å². The molecule has 0 unspecified atom stereocenters. The molecule has 29 heavy (non-hydrogen) atoms. The highest BCUT2D eigenvalue weighted by atomic mass is 19.4. The van der Waals surface area contributed by atoms with Gasteiger partial charge in [-0.2, -0.15) is 18.3 Å². The number of carbonyl (C=O) groups excluding carboxylic acids is 1. The standard InChI is InChI=1S/C22H18F3N3O/c23-22(24,25)19-8-4-6-17(14-19)7-5-13-26-21(29)12-11-18-15-27-28(16-18)20-9-2-1-3-10-20/h1-4,6,8-10,14-16H,11-13H2,(H,26,29). The van der Waals surface area contributed by atoms with Crippen LogP contribution in [-0.4, -0.2) is 22.2 Å². The van der Waals surface area contributed by atoms with Crippen molar-refractivity contribution in [3.05, 3.63) is 83.7 Å². The molecule has 0 saturated carbocycles. The highest BCUT2D eigenvalue weighted by molar-refractivity contribution is 5.76. The van der Waals surface area contributed by atoms with Gasteiger partial charge in [0.2, 0.25) is 5.91 Å². The van der Waals surface area contributed by atoms with Crippen LogP contribution in [0.4, 0.5) is 13.2 Å². The lowest BCUT2D eigenvalue weighted by Crippen LogP contribution is -2.23. The number of alkyl halides is 3. The van der Waals surface area contributed by atoms with Crippen LogP contribution < -0.4 is 5.32 Å². The van der Waals surface area contributed by atoms with Crippen LogP contribution in [0, 0.1) is 11.8 Å². The van der Waals surface area contributed by atoms with Crippen LogP contribution in [0.25, 0.3) is 5.69 Å². The summed E-state index contributed by atoms with van der Waals surface area (Å²) in [5.74, 6) is 5.11. The zero-order valence-corrected chi connectivity index (χ0v) is 15.4. The lowest BCUT2D eigenvalue weighted by atomic mass is 10.1. The molecule has 4 nitrogen and oxygen atoms in total. The molecule has 3 rings (SSSR count). The summed E-state index contributed by atoms with van der Waals surface area (Å²) in [5.41, 5.74) is 1.37. The Bertz CT molecular complexity index is 1030.